The highest BCUT2D eigenvalue weighted by Gasteiger charge is 2.65. The monoisotopic (exact) mass is 335 g/mol. The van der Waals surface area contributed by atoms with E-state index in [0.29, 0.717) is 12.8 Å². The van der Waals surface area contributed by atoms with Crippen LogP contribution in [0.5, 0.6) is 0 Å². The summed E-state index contributed by atoms with van der Waals surface area (Å²) in [6.07, 6.45) is -0.869. The minimum absolute atomic E-state index is 0.0916. The lowest BCUT2D eigenvalue weighted by Gasteiger charge is -2.34. The van der Waals surface area contributed by atoms with Gasteiger partial charge in [0.1, 0.15) is 0 Å². The van der Waals surface area contributed by atoms with Gasteiger partial charge in [0.25, 0.3) is 6.02 Å². The number of aliphatic imine (C=N–C) groups is 2. The number of hydrogen-bond acceptors (Lipinski definition) is 6. The molecule has 0 aromatic rings. The first-order valence-corrected chi connectivity index (χ1v) is 7.41. The van der Waals surface area contributed by atoms with Crippen LogP contribution in [0.1, 0.15) is 32.1 Å². The predicted molar refractivity (Wildman–Crippen MR) is 77.0 cm³/mol. The summed E-state index contributed by atoms with van der Waals surface area (Å²) in [5.74, 6) is -1.91. The normalized spacial score (nSPS) is 26.0. The quantitative estimate of drug-likeness (QED) is 0.727. The van der Waals surface area contributed by atoms with Gasteiger partial charge >= 0.3 is 17.8 Å². The van der Waals surface area contributed by atoms with Crippen molar-refractivity contribution in [3.8, 4) is 0 Å². The molecule has 0 unspecified atom stereocenters. The Morgan fingerprint density at radius 1 is 1.26 bits per heavy atom. The van der Waals surface area contributed by atoms with Crippen LogP contribution >= 0.6 is 0 Å². The first kappa shape index (κ1) is 17.6. The number of ether oxygens (including phenoxy) is 2. The van der Waals surface area contributed by atoms with Crippen molar-refractivity contribution < 1.29 is 27.4 Å². The lowest BCUT2D eigenvalue weighted by Crippen LogP contribution is -2.55. The highest BCUT2D eigenvalue weighted by Crippen LogP contribution is 2.40. The number of methoxy groups -OCH3 is 1. The second-order valence-electron chi connectivity index (χ2n) is 5.84. The fourth-order valence-corrected chi connectivity index (χ4v) is 2.65. The van der Waals surface area contributed by atoms with Crippen LogP contribution in [0.3, 0.4) is 0 Å². The highest BCUT2D eigenvalue weighted by molar-refractivity contribution is 5.98. The van der Waals surface area contributed by atoms with Crippen LogP contribution in [-0.2, 0) is 14.3 Å². The maximum absolute atomic E-state index is 13.6. The molecule has 0 saturated heterocycles. The van der Waals surface area contributed by atoms with Gasteiger partial charge in [-0.15, -0.1) is 0 Å². The van der Waals surface area contributed by atoms with Crippen LogP contribution in [0, 0.1) is 5.92 Å². The first-order valence-electron chi connectivity index (χ1n) is 7.41. The molecule has 0 radical (unpaired) electrons. The van der Waals surface area contributed by atoms with E-state index in [0.717, 1.165) is 26.4 Å². The number of rotatable bonds is 2. The summed E-state index contributed by atoms with van der Waals surface area (Å²) in [6, 6.07) is -0.303. The Balaban J connectivity index is 2.52. The zero-order valence-electron chi connectivity index (χ0n) is 13.3. The molecule has 2 rings (SSSR count). The van der Waals surface area contributed by atoms with Crippen LogP contribution in [0.4, 0.5) is 13.2 Å². The number of halogens is 3. The Morgan fingerprint density at radius 3 is 2.35 bits per heavy atom. The average molecular weight is 335 g/mol. The summed E-state index contributed by atoms with van der Waals surface area (Å²) >= 11 is 0. The van der Waals surface area contributed by atoms with E-state index in [1.165, 1.54) is 19.0 Å². The van der Waals surface area contributed by atoms with Crippen molar-refractivity contribution in [2.75, 3.05) is 21.2 Å². The molecule has 0 spiro atoms. The summed E-state index contributed by atoms with van der Waals surface area (Å²) in [5.41, 5.74) is -3.30. The molecule has 1 heterocycles. The molecule has 9 heteroatoms. The summed E-state index contributed by atoms with van der Waals surface area (Å²) in [6.45, 7) is 0. The second-order valence-corrected chi connectivity index (χ2v) is 5.84. The molecule has 1 aliphatic carbocycles. The second kappa shape index (κ2) is 6.37. The lowest BCUT2D eigenvalue weighted by atomic mass is 9.89. The zero-order chi connectivity index (χ0) is 17.3. The van der Waals surface area contributed by atoms with Gasteiger partial charge in [-0.05, 0) is 12.8 Å². The minimum atomic E-state index is -5.02. The van der Waals surface area contributed by atoms with Gasteiger partial charge in [-0.1, -0.05) is 19.3 Å². The summed E-state index contributed by atoms with van der Waals surface area (Å²) in [4.78, 5) is 20.2. The number of carbonyl (C=O) groups is 1. The molecule has 1 aliphatic heterocycles. The number of amidine groups is 1. The van der Waals surface area contributed by atoms with E-state index in [9.17, 15) is 18.0 Å². The summed E-state index contributed by atoms with van der Waals surface area (Å²) < 4.78 is 50.7. The molecule has 1 saturated carbocycles. The maximum atomic E-state index is 13.6. The maximum Gasteiger partial charge on any atom is 0.446 e. The van der Waals surface area contributed by atoms with Crippen molar-refractivity contribution in [2.45, 2.75) is 43.9 Å². The lowest BCUT2D eigenvalue weighted by molar-refractivity contribution is -0.202. The molecular weight excluding hydrogens is 315 g/mol. The zero-order valence-corrected chi connectivity index (χ0v) is 13.3. The number of esters is 1. The number of alkyl halides is 3. The molecule has 130 valence electrons. The van der Waals surface area contributed by atoms with Crippen molar-refractivity contribution in [1.82, 2.24) is 4.90 Å². The molecule has 0 amide bonds. The van der Waals surface area contributed by atoms with Gasteiger partial charge in [-0.3, -0.25) is 0 Å². The third-order valence-corrected chi connectivity index (χ3v) is 3.93. The van der Waals surface area contributed by atoms with E-state index in [4.69, 9.17) is 4.74 Å². The van der Waals surface area contributed by atoms with E-state index in [1.54, 1.807) is 0 Å². The van der Waals surface area contributed by atoms with Crippen LogP contribution in [0.15, 0.2) is 9.98 Å². The molecule has 0 aromatic heterocycles. The average Bonchev–Trinajstić information content (AvgIpc) is 2.53. The Bertz CT molecular complexity index is 525. The molecule has 2 aliphatic rings. The summed E-state index contributed by atoms with van der Waals surface area (Å²) in [5, 5.41) is 0. The van der Waals surface area contributed by atoms with Crippen molar-refractivity contribution in [1.29, 1.82) is 0 Å². The molecule has 23 heavy (non-hydrogen) atoms. The topological polar surface area (TPSA) is 63.5 Å². The SMILES string of the molecule is COC(=O)[C@]1(C(F)(F)F)N=C(C2CCCCC2)OC(N(C)C)=N1. The number of nitrogens with zero attached hydrogens (tertiary/aromatic N) is 3. The van der Waals surface area contributed by atoms with Gasteiger partial charge in [0.15, 0.2) is 5.90 Å². The van der Waals surface area contributed by atoms with E-state index in [1.807, 2.05) is 0 Å². The third-order valence-electron chi connectivity index (χ3n) is 3.93. The van der Waals surface area contributed by atoms with Crippen molar-refractivity contribution >= 4 is 17.9 Å². The first-order chi connectivity index (χ1) is 10.7. The van der Waals surface area contributed by atoms with Crippen LogP contribution in [-0.4, -0.2) is 55.8 Å². The Kier molecular flexibility index (Phi) is 4.86. The number of carbonyl (C=O) groups excluding carboxylic acids is 1. The van der Waals surface area contributed by atoms with E-state index in [-0.39, 0.29) is 17.8 Å². The number of hydrogen-bond donors (Lipinski definition) is 0. The fourth-order valence-electron chi connectivity index (χ4n) is 2.65. The van der Waals surface area contributed by atoms with Gasteiger partial charge in [-0.2, -0.15) is 18.2 Å². The predicted octanol–water partition coefficient (Wildman–Crippen LogP) is 2.34. The molecule has 0 aromatic carbocycles. The van der Waals surface area contributed by atoms with E-state index < -0.39 is 17.8 Å². The van der Waals surface area contributed by atoms with Crippen LogP contribution < -0.4 is 0 Å². The molecule has 0 N–H and O–H groups in total. The van der Waals surface area contributed by atoms with Crippen molar-refractivity contribution in [3.63, 3.8) is 0 Å². The molecule has 0 bridgehead atoms. The van der Waals surface area contributed by atoms with Gasteiger partial charge < -0.3 is 14.4 Å². The largest absolute Gasteiger partial charge is 0.465 e. The van der Waals surface area contributed by atoms with E-state index >= 15 is 0 Å². The molecule has 1 fully saturated rings. The highest BCUT2D eigenvalue weighted by atomic mass is 19.4. The fraction of sp³-hybridized carbons (Fsp3) is 0.786. The standard InChI is InChI=1S/C14H20F3N3O3/c1-20(2)12-19-13(11(21)22-3,14(15,16)17)18-10(23-12)9-7-5-4-6-8-9/h9H,4-8H2,1-3H3/t13-/m0/s1. The summed E-state index contributed by atoms with van der Waals surface area (Å²) in [7, 11) is 3.86. The van der Waals surface area contributed by atoms with Crippen LogP contribution in [0.25, 0.3) is 0 Å². The van der Waals surface area contributed by atoms with E-state index in [2.05, 4.69) is 14.7 Å². The van der Waals surface area contributed by atoms with Gasteiger partial charge in [-0.25, -0.2) is 9.79 Å². The van der Waals surface area contributed by atoms with Gasteiger partial charge in [0, 0.05) is 20.0 Å². The Labute approximate surface area is 132 Å². The van der Waals surface area contributed by atoms with Gasteiger partial charge in [0.2, 0.25) is 0 Å². The molecular formula is C14H20F3N3O3. The van der Waals surface area contributed by atoms with Gasteiger partial charge in [0.05, 0.1) is 7.11 Å². The van der Waals surface area contributed by atoms with Crippen LogP contribution in [0.2, 0.25) is 0 Å². The molecule has 6 nitrogen and oxygen atoms in total. The van der Waals surface area contributed by atoms with Crippen molar-refractivity contribution in [3.05, 3.63) is 0 Å². The Hall–Kier alpha value is -1.80. The molecule has 1 atom stereocenters. The third kappa shape index (κ3) is 3.28. The minimum Gasteiger partial charge on any atom is -0.465 e. The smallest absolute Gasteiger partial charge is 0.446 e. The van der Waals surface area contributed by atoms with Crippen molar-refractivity contribution in [2.24, 2.45) is 15.9 Å². The Morgan fingerprint density at radius 2 is 1.87 bits per heavy atom.